The molecule has 2 fully saturated rings. The fraction of sp³-hybridized carbons (Fsp3) is 0.400. The summed E-state index contributed by atoms with van der Waals surface area (Å²) in [6, 6.07) is 16.1. The van der Waals surface area contributed by atoms with Gasteiger partial charge in [0.15, 0.2) is 0 Å². The zero-order chi connectivity index (χ0) is 26.9. The van der Waals surface area contributed by atoms with Crippen molar-refractivity contribution >= 4 is 29.0 Å². The van der Waals surface area contributed by atoms with Gasteiger partial charge >= 0.3 is 6.09 Å². The van der Waals surface area contributed by atoms with Crippen LogP contribution in [0.1, 0.15) is 66.3 Å². The highest BCUT2D eigenvalue weighted by Gasteiger charge is 2.47. The Kier molecular flexibility index (Phi) is 7.34. The van der Waals surface area contributed by atoms with Crippen LogP contribution >= 0.6 is 11.5 Å². The van der Waals surface area contributed by atoms with Gasteiger partial charge in [0.1, 0.15) is 11.9 Å². The number of carbonyl (C=O) groups is 1. The minimum atomic E-state index is -0.496. The highest BCUT2D eigenvalue weighted by molar-refractivity contribution is 7.06. The van der Waals surface area contributed by atoms with Gasteiger partial charge in [0.05, 0.1) is 34.5 Å². The van der Waals surface area contributed by atoms with Gasteiger partial charge in [-0.1, -0.05) is 36.9 Å². The van der Waals surface area contributed by atoms with Crippen LogP contribution in [0.25, 0.3) is 0 Å². The third-order valence-electron chi connectivity index (χ3n) is 7.93. The van der Waals surface area contributed by atoms with Gasteiger partial charge in [0, 0.05) is 30.3 Å². The first-order valence-electron chi connectivity index (χ1n) is 13.1. The summed E-state index contributed by atoms with van der Waals surface area (Å²) in [6.45, 7) is 9.38. The number of allylic oxidation sites excluding steroid dienone is 1. The smallest absolute Gasteiger partial charge is 0.412 e. The first kappa shape index (κ1) is 26.1. The van der Waals surface area contributed by atoms with Gasteiger partial charge in [0.25, 0.3) is 0 Å². The predicted molar refractivity (Wildman–Crippen MR) is 152 cm³/mol. The number of aromatic nitrogens is 1. The van der Waals surface area contributed by atoms with Crippen LogP contribution in [0.3, 0.4) is 0 Å². The Balaban J connectivity index is 1.20. The Morgan fingerprint density at radius 1 is 1.18 bits per heavy atom. The van der Waals surface area contributed by atoms with Crippen molar-refractivity contribution in [1.82, 2.24) is 4.37 Å². The van der Waals surface area contributed by atoms with E-state index >= 15 is 0 Å². The number of amides is 1. The van der Waals surface area contributed by atoms with Crippen LogP contribution in [-0.2, 0) is 10.2 Å². The number of anilines is 2. The molecule has 3 aromatic rings. The maximum atomic E-state index is 12.8. The predicted octanol–water partition coefficient (Wildman–Crippen LogP) is 7.26. The van der Waals surface area contributed by atoms with Crippen molar-refractivity contribution in [2.45, 2.75) is 57.0 Å². The van der Waals surface area contributed by atoms with Gasteiger partial charge < -0.3 is 19.5 Å². The van der Waals surface area contributed by atoms with Crippen LogP contribution in [0.2, 0.25) is 0 Å². The molecule has 1 aliphatic carbocycles. The molecule has 0 spiro atoms. The molecule has 5 rings (SSSR count). The van der Waals surface area contributed by atoms with Crippen LogP contribution in [0.5, 0.6) is 5.75 Å². The average molecular weight is 534 g/mol. The Bertz CT molecular complexity index is 1310. The third kappa shape index (κ3) is 5.10. The van der Waals surface area contributed by atoms with Crippen molar-refractivity contribution in [1.29, 1.82) is 0 Å². The summed E-state index contributed by atoms with van der Waals surface area (Å²) < 4.78 is 15.7. The second kappa shape index (κ2) is 10.7. The number of piperidine rings is 1. The number of aliphatic hydroxyl groups excluding tert-OH is 1. The topological polar surface area (TPSA) is 83.9 Å². The lowest BCUT2D eigenvalue weighted by atomic mass is 9.92. The van der Waals surface area contributed by atoms with Crippen molar-refractivity contribution in [3.05, 3.63) is 82.6 Å². The van der Waals surface area contributed by atoms with E-state index in [-0.39, 0.29) is 11.2 Å². The summed E-state index contributed by atoms with van der Waals surface area (Å²) in [4.78, 5) is 16.3. The van der Waals surface area contributed by atoms with E-state index in [1.165, 1.54) is 17.2 Å². The van der Waals surface area contributed by atoms with Gasteiger partial charge in [-0.15, -0.1) is 0 Å². The molecule has 2 heterocycles. The molecule has 0 radical (unpaired) electrons. The SMILES string of the molecule is C=C(O)C1(c2ccc(N3CCC(c4snc(C)c4NC(=O)O[C@H](C)c4ccccc4OC)CC3)cc2)CC1. The molecule has 1 atom stereocenters. The number of hydrogen-bond donors (Lipinski definition) is 2. The number of methoxy groups -OCH3 is 1. The van der Waals surface area contributed by atoms with Crippen molar-refractivity contribution in [3.63, 3.8) is 0 Å². The number of nitrogens with zero attached hydrogens (tertiary/aromatic N) is 2. The molecule has 0 bridgehead atoms. The Morgan fingerprint density at radius 3 is 2.50 bits per heavy atom. The summed E-state index contributed by atoms with van der Waals surface area (Å²) in [6.07, 6.45) is 2.92. The monoisotopic (exact) mass is 533 g/mol. The normalized spacial score (nSPS) is 17.5. The first-order chi connectivity index (χ1) is 18.3. The minimum Gasteiger partial charge on any atom is -0.512 e. The van der Waals surface area contributed by atoms with Crippen LogP contribution in [0.15, 0.2) is 60.9 Å². The van der Waals surface area contributed by atoms with Crippen LogP contribution < -0.4 is 15.0 Å². The number of para-hydroxylation sites is 1. The number of carbonyl (C=O) groups excluding carboxylic acids is 1. The zero-order valence-corrected chi connectivity index (χ0v) is 23.0. The molecule has 0 unspecified atom stereocenters. The summed E-state index contributed by atoms with van der Waals surface area (Å²) in [7, 11) is 1.61. The maximum Gasteiger partial charge on any atom is 0.412 e. The van der Waals surface area contributed by atoms with Gasteiger partial charge in [0.2, 0.25) is 0 Å². The second-order valence-electron chi connectivity index (χ2n) is 10.3. The molecule has 2 aliphatic rings. The van der Waals surface area contributed by atoms with Gasteiger partial charge in [-0.2, -0.15) is 4.37 Å². The van der Waals surface area contributed by atoms with Gasteiger partial charge in [-0.05, 0) is 74.8 Å². The van der Waals surface area contributed by atoms with Crippen molar-refractivity contribution in [3.8, 4) is 5.75 Å². The average Bonchev–Trinajstić information content (AvgIpc) is 3.68. The van der Waals surface area contributed by atoms with E-state index in [4.69, 9.17) is 9.47 Å². The molecule has 2 aromatic carbocycles. The standard InChI is InChI=1S/C30H35N3O4S/c1-19-27(31-29(35)37-20(2)25-7-5-6-8-26(25)36-4)28(38-32-19)22-13-17-33(18-14-22)24-11-9-23(10-12-24)30(15-16-30)21(3)34/h5-12,20,22,34H,3,13-18H2,1-2,4H3,(H,31,35)/t20-/m1/s1. The molecule has 1 amide bonds. The molecule has 1 saturated heterocycles. The van der Waals surface area contributed by atoms with E-state index in [0.717, 1.165) is 66.2 Å². The van der Waals surface area contributed by atoms with Crippen molar-refractivity contribution < 1.29 is 19.4 Å². The van der Waals surface area contributed by atoms with Crippen LogP contribution in [0.4, 0.5) is 16.2 Å². The van der Waals surface area contributed by atoms with E-state index in [0.29, 0.717) is 11.7 Å². The number of aliphatic hydroxyl groups is 1. The van der Waals surface area contributed by atoms with Crippen LogP contribution in [-0.4, -0.2) is 35.8 Å². The highest BCUT2D eigenvalue weighted by Crippen LogP contribution is 2.52. The van der Waals surface area contributed by atoms with E-state index in [2.05, 4.69) is 45.4 Å². The zero-order valence-electron chi connectivity index (χ0n) is 22.2. The molecule has 2 N–H and O–H groups in total. The van der Waals surface area contributed by atoms with E-state index < -0.39 is 12.2 Å². The quantitative estimate of drug-likeness (QED) is 0.297. The van der Waals surface area contributed by atoms with E-state index in [1.54, 1.807) is 7.11 Å². The molecule has 1 saturated carbocycles. The number of rotatable bonds is 8. The first-order valence-corrected chi connectivity index (χ1v) is 13.9. The maximum absolute atomic E-state index is 12.8. The number of nitrogens with one attached hydrogen (secondary N) is 1. The van der Waals surface area contributed by atoms with Gasteiger partial charge in [-0.3, -0.25) is 5.32 Å². The Labute approximate surface area is 228 Å². The number of benzene rings is 2. The van der Waals surface area contributed by atoms with E-state index in [1.807, 2.05) is 38.1 Å². The molecule has 1 aliphatic heterocycles. The summed E-state index contributed by atoms with van der Waals surface area (Å²) in [5, 5.41) is 13.0. The number of aryl methyl sites for hydroxylation is 1. The van der Waals surface area contributed by atoms with Crippen LogP contribution in [0, 0.1) is 6.92 Å². The molecule has 38 heavy (non-hydrogen) atoms. The minimum absolute atomic E-state index is 0.231. The summed E-state index contributed by atoms with van der Waals surface area (Å²) in [5.41, 5.74) is 4.51. The van der Waals surface area contributed by atoms with E-state index in [9.17, 15) is 9.90 Å². The highest BCUT2D eigenvalue weighted by atomic mass is 32.1. The van der Waals surface area contributed by atoms with Crippen molar-refractivity contribution in [2.24, 2.45) is 0 Å². The lowest BCUT2D eigenvalue weighted by Crippen LogP contribution is -2.33. The number of hydrogen-bond acceptors (Lipinski definition) is 7. The number of ether oxygens (including phenoxy) is 2. The molecule has 1 aromatic heterocycles. The molecule has 8 heteroatoms. The fourth-order valence-corrected chi connectivity index (χ4v) is 6.44. The second-order valence-corrected chi connectivity index (χ2v) is 11.1. The van der Waals surface area contributed by atoms with Crippen molar-refractivity contribution in [2.75, 3.05) is 30.4 Å². The fourth-order valence-electron chi connectivity index (χ4n) is 5.44. The lowest BCUT2D eigenvalue weighted by Gasteiger charge is -2.33. The third-order valence-corrected chi connectivity index (χ3v) is 9.03. The molecular weight excluding hydrogens is 498 g/mol. The molecular formula is C30H35N3O4S. The molecule has 7 nitrogen and oxygen atoms in total. The molecule has 200 valence electrons. The Hall–Kier alpha value is -3.52. The lowest BCUT2D eigenvalue weighted by molar-refractivity contribution is 0.119. The largest absolute Gasteiger partial charge is 0.512 e. The van der Waals surface area contributed by atoms with Gasteiger partial charge in [-0.25, -0.2) is 4.79 Å². The Morgan fingerprint density at radius 2 is 1.87 bits per heavy atom. The summed E-state index contributed by atoms with van der Waals surface area (Å²) >= 11 is 1.47. The summed E-state index contributed by atoms with van der Waals surface area (Å²) in [5.74, 6) is 1.29.